The Kier molecular flexibility index (Phi) is 7.21. The van der Waals surface area contributed by atoms with Crippen molar-refractivity contribution in [1.29, 1.82) is 0 Å². The number of benzene rings is 2. The molecule has 2 amide bonds. The van der Waals surface area contributed by atoms with E-state index >= 15 is 0 Å². The molecule has 2 aromatic carbocycles. The highest BCUT2D eigenvalue weighted by atomic mass is 16.3. The van der Waals surface area contributed by atoms with Gasteiger partial charge in [-0.15, -0.1) is 0 Å². The largest absolute Gasteiger partial charge is 0.507 e. The molecule has 0 aliphatic carbocycles. The van der Waals surface area contributed by atoms with Crippen molar-refractivity contribution >= 4 is 11.8 Å². The summed E-state index contributed by atoms with van der Waals surface area (Å²) in [5.74, 6) is -0.439. The van der Waals surface area contributed by atoms with Gasteiger partial charge in [-0.1, -0.05) is 49.6 Å². The zero-order valence-electron chi connectivity index (χ0n) is 18.6. The predicted molar refractivity (Wildman–Crippen MR) is 121 cm³/mol. The van der Waals surface area contributed by atoms with E-state index in [1.807, 2.05) is 31.2 Å². The Labute approximate surface area is 184 Å². The molecule has 0 spiro atoms. The summed E-state index contributed by atoms with van der Waals surface area (Å²) in [5.41, 5.74) is 2.89. The standard InChI is InChI=1S/C25H32N2O4/c1-4-5-6-9-20-16-21(29)22(19-10-7-8-17(2)15-19)24(30)23(20)25(31)27-13-11-26(12-14-27)18(3)28/h7-8,10,15-16,29-30H,4-6,9,11-14H2,1-3H3. The monoisotopic (exact) mass is 424 g/mol. The number of rotatable bonds is 6. The summed E-state index contributed by atoms with van der Waals surface area (Å²) in [7, 11) is 0. The lowest BCUT2D eigenvalue weighted by Gasteiger charge is -2.34. The average Bonchev–Trinajstić information content (AvgIpc) is 2.73. The van der Waals surface area contributed by atoms with Crippen LogP contribution in [0.5, 0.6) is 11.5 Å². The van der Waals surface area contributed by atoms with E-state index in [1.165, 1.54) is 6.92 Å². The van der Waals surface area contributed by atoms with Crippen LogP contribution in [-0.4, -0.2) is 58.0 Å². The third-order valence-corrected chi connectivity index (χ3v) is 5.94. The second kappa shape index (κ2) is 9.86. The summed E-state index contributed by atoms with van der Waals surface area (Å²) in [6.45, 7) is 7.39. The quantitative estimate of drug-likeness (QED) is 0.684. The Morgan fingerprint density at radius 2 is 1.68 bits per heavy atom. The summed E-state index contributed by atoms with van der Waals surface area (Å²) >= 11 is 0. The molecule has 1 fully saturated rings. The van der Waals surface area contributed by atoms with Crippen molar-refractivity contribution in [2.45, 2.75) is 46.5 Å². The highest BCUT2D eigenvalue weighted by Crippen LogP contribution is 2.42. The first kappa shape index (κ1) is 22.7. The van der Waals surface area contributed by atoms with Crippen LogP contribution in [0, 0.1) is 6.92 Å². The smallest absolute Gasteiger partial charge is 0.258 e. The molecule has 0 radical (unpaired) electrons. The summed E-state index contributed by atoms with van der Waals surface area (Å²) in [5, 5.41) is 22.0. The second-order valence-electron chi connectivity index (χ2n) is 8.28. The van der Waals surface area contributed by atoms with Gasteiger partial charge in [0.25, 0.3) is 5.91 Å². The van der Waals surface area contributed by atoms with Gasteiger partial charge in [-0.2, -0.15) is 0 Å². The molecule has 3 rings (SSSR count). The van der Waals surface area contributed by atoms with Crippen LogP contribution in [0.25, 0.3) is 11.1 Å². The minimum Gasteiger partial charge on any atom is -0.507 e. The topological polar surface area (TPSA) is 81.1 Å². The molecule has 1 saturated heterocycles. The molecule has 0 atom stereocenters. The molecular formula is C25H32N2O4. The summed E-state index contributed by atoms with van der Waals surface area (Å²) < 4.78 is 0. The molecule has 0 aromatic heterocycles. The lowest BCUT2D eigenvalue weighted by Crippen LogP contribution is -2.50. The zero-order valence-corrected chi connectivity index (χ0v) is 18.6. The van der Waals surface area contributed by atoms with Crippen molar-refractivity contribution in [1.82, 2.24) is 9.80 Å². The van der Waals surface area contributed by atoms with Crippen LogP contribution in [0.1, 0.15) is 54.6 Å². The van der Waals surface area contributed by atoms with Gasteiger partial charge in [-0.25, -0.2) is 0 Å². The summed E-state index contributed by atoms with van der Waals surface area (Å²) in [6.07, 6.45) is 3.52. The highest BCUT2D eigenvalue weighted by Gasteiger charge is 2.29. The predicted octanol–water partition coefficient (Wildman–Crippen LogP) is 4.11. The maximum atomic E-state index is 13.5. The van der Waals surface area contributed by atoms with Gasteiger partial charge in [-0.3, -0.25) is 9.59 Å². The number of phenols is 2. The lowest BCUT2D eigenvalue weighted by atomic mass is 9.92. The van der Waals surface area contributed by atoms with Gasteiger partial charge in [0.2, 0.25) is 5.91 Å². The SMILES string of the molecule is CCCCCc1cc(O)c(-c2cccc(C)c2)c(O)c1C(=O)N1CCN(C(C)=O)CC1. The highest BCUT2D eigenvalue weighted by molar-refractivity contribution is 6.02. The van der Waals surface area contributed by atoms with Crippen LogP contribution in [0.3, 0.4) is 0 Å². The number of unbranched alkanes of at least 4 members (excludes halogenated alkanes) is 2. The Morgan fingerprint density at radius 1 is 1.00 bits per heavy atom. The fourth-order valence-electron chi connectivity index (χ4n) is 4.18. The molecule has 2 N–H and O–H groups in total. The number of phenolic OH excluding ortho intramolecular Hbond substituents is 2. The maximum absolute atomic E-state index is 13.5. The van der Waals surface area contributed by atoms with Gasteiger partial charge in [0.1, 0.15) is 11.5 Å². The van der Waals surface area contributed by atoms with Gasteiger partial charge in [-0.05, 0) is 37.0 Å². The van der Waals surface area contributed by atoms with E-state index in [4.69, 9.17) is 0 Å². The number of amides is 2. The molecule has 1 aliphatic rings. The van der Waals surface area contributed by atoms with Gasteiger partial charge in [0, 0.05) is 33.1 Å². The molecule has 1 aliphatic heterocycles. The van der Waals surface area contributed by atoms with Crippen molar-refractivity contribution in [3.05, 3.63) is 47.0 Å². The summed E-state index contributed by atoms with van der Waals surface area (Å²) in [4.78, 5) is 28.5. The number of aryl methyl sites for hydroxylation is 2. The molecule has 6 nitrogen and oxygen atoms in total. The van der Waals surface area contributed by atoms with E-state index in [-0.39, 0.29) is 34.4 Å². The van der Waals surface area contributed by atoms with E-state index in [0.29, 0.717) is 43.7 Å². The Bertz CT molecular complexity index is 962. The van der Waals surface area contributed by atoms with Gasteiger partial charge >= 0.3 is 0 Å². The number of aromatic hydroxyl groups is 2. The van der Waals surface area contributed by atoms with E-state index < -0.39 is 0 Å². The molecule has 2 aromatic rings. The molecule has 0 saturated carbocycles. The minimum absolute atomic E-state index is 0.00145. The Morgan fingerprint density at radius 3 is 2.29 bits per heavy atom. The molecule has 166 valence electrons. The number of carbonyl (C=O) groups excluding carboxylic acids is 2. The first-order chi connectivity index (χ1) is 14.8. The summed E-state index contributed by atoms with van der Waals surface area (Å²) in [6, 6.07) is 9.13. The van der Waals surface area contributed by atoms with Crippen molar-refractivity contribution in [2.24, 2.45) is 0 Å². The third kappa shape index (κ3) is 5.01. The van der Waals surface area contributed by atoms with Crippen LogP contribution in [0.15, 0.2) is 30.3 Å². The molecule has 0 unspecified atom stereocenters. The van der Waals surface area contributed by atoms with Crippen molar-refractivity contribution in [2.75, 3.05) is 26.2 Å². The van der Waals surface area contributed by atoms with Gasteiger partial charge in [0.05, 0.1) is 11.1 Å². The fourth-order valence-corrected chi connectivity index (χ4v) is 4.18. The molecule has 31 heavy (non-hydrogen) atoms. The van der Waals surface area contributed by atoms with Crippen LogP contribution in [-0.2, 0) is 11.2 Å². The number of hydrogen-bond donors (Lipinski definition) is 2. The van der Waals surface area contributed by atoms with Crippen molar-refractivity contribution < 1.29 is 19.8 Å². The molecular weight excluding hydrogens is 392 g/mol. The van der Waals surface area contributed by atoms with E-state index in [1.54, 1.807) is 15.9 Å². The average molecular weight is 425 g/mol. The normalized spacial score (nSPS) is 14.0. The van der Waals surface area contributed by atoms with Crippen LogP contribution in [0.2, 0.25) is 0 Å². The number of hydrogen-bond acceptors (Lipinski definition) is 4. The Hall–Kier alpha value is -3.02. The number of nitrogens with zero attached hydrogens (tertiary/aromatic N) is 2. The van der Waals surface area contributed by atoms with E-state index in [0.717, 1.165) is 24.8 Å². The zero-order chi connectivity index (χ0) is 22.5. The number of piperazine rings is 1. The maximum Gasteiger partial charge on any atom is 0.258 e. The van der Waals surface area contributed by atoms with Crippen LogP contribution >= 0.6 is 0 Å². The van der Waals surface area contributed by atoms with Gasteiger partial charge in [0.15, 0.2) is 0 Å². The van der Waals surface area contributed by atoms with E-state index in [2.05, 4.69) is 6.92 Å². The second-order valence-corrected chi connectivity index (χ2v) is 8.28. The first-order valence-electron chi connectivity index (χ1n) is 11.0. The van der Waals surface area contributed by atoms with Crippen LogP contribution in [0.4, 0.5) is 0 Å². The molecule has 6 heteroatoms. The van der Waals surface area contributed by atoms with Crippen LogP contribution < -0.4 is 0 Å². The lowest BCUT2D eigenvalue weighted by molar-refractivity contribution is -0.130. The van der Waals surface area contributed by atoms with Gasteiger partial charge < -0.3 is 20.0 Å². The number of carbonyl (C=O) groups is 2. The van der Waals surface area contributed by atoms with Crippen molar-refractivity contribution in [3.8, 4) is 22.6 Å². The fraction of sp³-hybridized carbons (Fsp3) is 0.440. The van der Waals surface area contributed by atoms with Crippen molar-refractivity contribution in [3.63, 3.8) is 0 Å². The molecule has 0 bridgehead atoms. The first-order valence-corrected chi connectivity index (χ1v) is 11.0. The van der Waals surface area contributed by atoms with E-state index in [9.17, 15) is 19.8 Å². The molecule has 1 heterocycles. The Balaban J connectivity index is 2.02. The minimum atomic E-state index is -0.249. The third-order valence-electron chi connectivity index (χ3n) is 5.94.